The van der Waals surface area contributed by atoms with E-state index in [1.165, 1.54) is 113 Å². The molecule has 0 aliphatic rings. The zero-order valence-corrected chi connectivity index (χ0v) is 73.3. The first-order chi connectivity index (χ1) is 66.0. The maximum Gasteiger partial charge on any atom is 0.172 e. The molecule has 12 heteroatoms. The number of nitrogens with one attached hydrogen (secondary N) is 1. The van der Waals surface area contributed by atoms with Crippen LogP contribution in [0.5, 0.6) is 0 Å². The Bertz CT molecular complexity index is 7210. The molecule has 133 heavy (non-hydrogen) atoms. The number of thiophene rings is 1. The Morgan fingerprint density at radius 1 is 0.195 bits per heavy atom. The maximum absolute atomic E-state index is 5.12. The van der Waals surface area contributed by atoms with Crippen LogP contribution in [0.4, 0.5) is 0 Å². The van der Waals surface area contributed by atoms with Crippen molar-refractivity contribution in [2.75, 3.05) is 0 Å². The Kier molecular flexibility index (Phi) is 28.2. The van der Waals surface area contributed by atoms with E-state index in [1.54, 1.807) is 54.7 Å². The molecule has 0 saturated carbocycles. The summed E-state index contributed by atoms with van der Waals surface area (Å²) in [5.41, 5.74) is 12.7. The summed E-state index contributed by atoms with van der Waals surface area (Å²) < 4.78 is 16.4. The van der Waals surface area contributed by atoms with Crippen LogP contribution < -0.4 is 0 Å². The topological polar surface area (TPSA) is 145 Å². The second-order valence-corrected chi connectivity index (χ2v) is 31.7. The molecule has 10 heterocycles. The molecule has 29 rings (SSSR count). The molecule has 1 N–H and O–H groups in total. The number of aromatic nitrogens is 8. The van der Waals surface area contributed by atoms with Gasteiger partial charge in [0.2, 0.25) is 0 Å². The number of pyridine rings is 3. The van der Waals surface area contributed by atoms with Gasteiger partial charge in [-0.2, -0.15) is 0 Å². The first kappa shape index (κ1) is 86.1. The molecule has 0 aliphatic carbocycles. The Morgan fingerprint density at radius 3 is 1.02 bits per heavy atom. The van der Waals surface area contributed by atoms with Crippen LogP contribution >= 0.6 is 11.3 Å². The van der Waals surface area contributed by atoms with Crippen LogP contribution in [0.15, 0.2) is 542 Å². The van der Waals surface area contributed by atoms with Gasteiger partial charge >= 0.3 is 0 Å². The summed E-state index contributed by atoms with van der Waals surface area (Å²) in [5, 5.41) is 28.0. The lowest BCUT2D eigenvalue weighted by Crippen LogP contribution is -1.85. The maximum atomic E-state index is 5.12. The average Bonchev–Trinajstić information content (AvgIpc) is 1.52. The van der Waals surface area contributed by atoms with Crippen molar-refractivity contribution < 1.29 is 13.3 Å². The fourth-order valence-electron chi connectivity index (χ4n) is 15.4. The van der Waals surface area contributed by atoms with Crippen molar-refractivity contribution in [2.45, 2.75) is 0 Å². The molecule has 0 radical (unpaired) electrons. The first-order valence-electron chi connectivity index (χ1n) is 43.8. The SMILES string of the molecule is c1cc2ccc3cccc4ccc(c1)c2c34.c1cc2occc2o1.c1ccc2[nH]ccc2c1.c1ccc2cc3ccccc3cc2c1.c1ccc2ccccc2c1.c1ccc2cnccc2c1.c1ccc2nc3ccccc3cc2c1.c1ccc2nc3ccccc3nc2c1.c1ccc2ncccc2c1.c1ccc2nccnc2c1.c1ccc2occc2c1.c1ccc2sccc2c1. The van der Waals surface area contributed by atoms with Gasteiger partial charge in [0, 0.05) is 81.1 Å². The molecule has 0 saturated heterocycles. The molecule has 0 bridgehead atoms. The van der Waals surface area contributed by atoms with Crippen LogP contribution in [0.3, 0.4) is 0 Å². The van der Waals surface area contributed by atoms with E-state index in [2.05, 4.69) is 306 Å². The minimum Gasteiger partial charge on any atom is -0.464 e. The highest BCUT2D eigenvalue weighted by Gasteiger charge is 2.08. The van der Waals surface area contributed by atoms with Crippen molar-refractivity contribution in [3.05, 3.63) is 528 Å². The van der Waals surface area contributed by atoms with Crippen molar-refractivity contribution in [3.63, 3.8) is 0 Å². The van der Waals surface area contributed by atoms with Crippen LogP contribution in [-0.4, -0.2) is 39.9 Å². The molecule has 19 aromatic carbocycles. The van der Waals surface area contributed by atoms with E-state index >= 15 is 0 Å². The lowest BCUT2D eigenvalue weighted by atomic mass is 9.95. The van der Waals surface area contributed by atoms with Crippen molar-refractivity contribution in [1.82, 2.24) is 39.9 Å². The van der Waals surface area contributed by atoms with Gasteiger partial charge < -0.3 is 18.2 Å². The smallest absolute Gasteiger partial charge is 0.172 e. The third-order valence-corrected chi connectivity index (χ3v) is 22.9. The van der Waals surface area contributed by atoms with Gasteiger partial charge in [-0.05, 0) is 213 Å². The van der Waals surface area contributed by atoms with Crippen molar-refractivity contribution in [3.8, 4) is 0 Å². The largest absolute Gasteiger partial charge is 0.464 e. The fraction of sp³-hybridized carbons (Fsp3) is 0. The van der Waals surface area contributed by atoms with E-state index in [9.17, 15) is 0 Å². The van der Waals surface area contributed by atoms with Gasteiger partial charge in [0.1, 0.15) is 5.58 Å². The molecular weight excluding hydrogens is 1650 g/mol. The number of para-hydroxylation sites is 11. The highest BCUT2D eigenvalue weighted by molar-refractivity contribution is 7.17. The molecule has 10 aromatic heterocycles. The summed E-state index contributed by atoms with van der Waals surface area (Å²) in [6, 6.07) is 159. The summed E-state index contributed by atoms with van der Waals surface area (Å²) in [7, 11) is 0. The summed E-state index contributed by atoms with van der Waals surface area (Å²) >= 11 is 1.79. The lowest BCUT2D eigenvalue weighted by Gasteiger charge is -2.09. The number of hydrogen-bond acceptors (Lipinski definition) is 11. The van der Waals surface area contributed by atoms with Crippen molar-refractivity contribution >= 4 is 196 Å². The first-order valence-corrected chi connectivity index (χ1v) is 44.7. The third-order valence-electron chi connectivity index (χ3n) is 22.0. The van der Waals surface area contributed by atoms with Crippen LogP contribution in [-0.2, 0) is 0 Å². The second-order valence-electron chi connectivity index (χ2n) is 30.8. The highest BCUT2D eigenvalue weighted by atomic mass is 32.1. The van der Waals surface area contributed by atoms with Crippen molar-refractivity contribution in [2.24, 2.45) is 0 Å². The minimum atomic E-state index is 0.810. The fourth-order valence-corrected chi connectivity index (χ4v) is 16.2. The van der Waals surface area contributed by atoms with E-state index in [1.807, 2.05) is 219 Å². The Hall–Kier alpha value is -17.7. The lowest BCUT2D eigenvalue weighted by molar-refractivity contribution is 0.609. The van der Waals surface area contributed by atoms with E-state index in [-0.39, 0.29) is 0 Å². The molecule has 0 fully saturated rings. The Morgan fingerprint density at radius 2 is 0.541 bits per heavy atom. The highest BCUT2D eigenvalue weighted by Crippen LogP contribution is 2.35. The van der Waals surface area contributed by atoms with Crippen molar-refractivity contribution in [1.29, 1.82) is 0 Å². The third kappa shape index (κ3) is 22.5. The zero-order chi connectivity index (χ0) is 89.6. The monoisotopic (exact) mass is 1730 g/mol. The van der Waals surface area contributed by atoms with Gasteiger partial charge in [0.25, 0.3) is 0 Å². The number of nitrogens with zero attached hydrogens (tertiary/aromatic N) is 7. The molecule has 0 unspecified atom stereocenters. The number of benzene rings is 19. The molecule has 0 spiro atoms. The quantitative estimate of drug-likeness (QED) is 0.115. The van der Waals surface area contributed by atoms with Gasteiger partial charge in [-0.3, -0.25) is 19.9 Å². The van der Waals surface area contributed by atoms with E-state index in [0.717, 1.165) is 71.8 Å². The number of rotatable bonds is 0. The second kappa shape index (κ2) is 43.7. The molecule has 29 aromatic rings. The van der Waals surface area contributed by atoms with Crippen LogP contribution in [0.2, 0.25) is 0 Å². The molecule has 0 amide bonds. The standard InChI is InChI=1S/C16H10.C14H10.C13H9N.C12H8N2.C10H8.2C9H7N.C8H6N2.C8H7N.C8H6O.C8H6S.C6H4O2/c1-3-11-7-9-13-5-2-6-14-10-8-12(4-1)15(11)16(13)14;1-2-6-12-10-14-8-4-3-7-13(14)9-11(12)5-1;1-3-7-12-10(5-1)9-11-6-2-4-8-13(11)14-12;1-2-6-10-9(5-1)13-11-7-3-4-8-12(11)14-10;1-2-6-10-8-4-3-7-9(10)5-1;1-2-6-9-8(4-1)5-3-7-10-9;1-2-4-9-7-10-6-5-8(9)3-1;1-2-4-8-7(3-1)9-5-6-10-8;3*1-2-4-8-7(3-1)5-6-9-8;1-3-7-6-2-4-8-5(1)6/h1-10H;1-10H;1-9H;1-8H;1-8H;2*1-7H;1-6H;1-6,9H;2*1-6H;1-4H. The summed E-state index contributed by atoms with van der Waals surface area (Å²) in [5.74, 6) is 0. The number of hydrogen-bond donors (Lipinski definition) is 1. The van der Waals surface area contributed by atoms with Gasteiger partial charge in [-0.1, -0.05) is 334 Å². The molecule has 0 atom stereocenters. The molecular formula is C121H88N8O3S. The normalized spacial score (nSPS) is 10.6. The van der Waals surface area contributed by atoms with Gasteiger partial charge in [-0.15, -0.1) is 11.3 Å². The van der Waals surface area contributed by atoms with E-state index < -0.39 is 0 Å². The Labute approximate surface area is 771 Å². The van der Waals surface area contributed by atoms with Gasteiger partial charge in [-0.25, -0.2) is 15.0 Å². The zero-order valence-electron chi connectivity index (χ0n) is 72.5. The van der Waals surface area contributed by atoms with E-state index in [4.69, 9.17) is 13.3 Å². The summed E-state index contributed by atoms with van der Waals surface area (Å²) in [4.78, 5) is 33.2. The van der Waals surface area contributed by atoms with Crippen LogP contribution in [0.1, 0.15) is 0 Å². The Balaban J connectivity index is 0.0000000977. The predicted molar refractivity (Wildman–Crippen MR) is 560 cm³/mol. The number of aromatic amines is 1. The number of H-pyrrole nitrogens is 1. The van der Waals surface area contributed by atoms with Gasteiger partial charge in [0.05, 0.1) is 68.4 Å². The molecule has 636 valence electrons. The number of fused-ring (bicyclic) bond motifs is 14. The summed E-state index contributed by atoms with van der Waals surface area (Å²) in [6.45, 7) is 0. The van der Waals surface area contributed by atoms with Crippen LogP contribution in [0, 0.1) is 0 Å². The predicted octanol–water partition coefficient (Wildman–Crippen LogP) is 33.2. The van der Waals surface area contributed by atoms with Crippen LogP contribution in [0.25, 0.3) is 184 Å². The average molecular weight is 1730 g/mol. The molecule has 11 nitrogen and oxygen atoms in total. The number of furan rings is 3. The minimum absolute atomic E-state index is 0.810. The summed E-state index contributed by atoms with van der Waals surface area (Å²) in [6.07, 6.45) is 15.7. The van der Waals surface area contributed by atoms with Gasteiger partial charge in [0.15, 0.2) is 11.2 Å². The van der Waals surface area contributed by atoms with E-state index in [0.29, 0.717) is 0 Å². The molecule has 0 aliphatic heterocycles.